The van der Waals surface area contributed by atoms with Gasteiger partial charge in [0.25, 0.3) is 0 Å². The van der Waals surface area contributed by atoms with Crippen LogP contribution < -0.4 is 10.6 Å². The van der Waals surface area contributed by atoms with Gasteiger partial charge in [0.15, 0.2) is 0 Å². The predicted molar refractivity (Wildman–Crippen MR) is 137 cm³/mol. The second-order valence-electron chi connectivity index (χ2n) is 8.77. The number of nitrogens with one attached hydrogen (secondary N) is 2. The van der Waals surface area contributed by atoms with Gasteiger partial charge in [-0.05, 0) is 59.3 Å². The van der Waals surface area contributed by atoms with Gasteiger partial charge < -0.3 is 10.6 Å². The molecule has 0 bridgehead atoms. The fourth-order valence-electron chi connectivity index (χ4n) is 2.93. The monoisotopic (exact) mass is 448 g/mol. The van der Waals surface area contributed by atoms with Gasteiger partial charge in [-0.1, -0.05) is 54.9 Å². The van der Waals surface area contributed by atoms with E-state index in [1.165, 1.54) is 23.6 Å². The molecule has 0 saturated carbocycles. The van der Waals surface area contributed by atoms with Gasteiger partial charge in [-0.25, -0.2) is 0 Å². The fourth-order valence-corrected chi connectivity index (χ4v) is 3.94. The molecule has 0 rings (SSSR count). The van der Waals surface area contributed by atoms with Crippen molar-refractivity contribution in [2.75, 3.05) is 11.5 Å². The van der Waals surface area contributed by atoms with E-state index in [9.17, 15) is 9.59 Å². The maximum Gasteiger partial charge on any atom is 0.243 e. The summed E-state index contributed by atoms with van der Waals surface area (Å²) in [7, 11) is 0. The third kappa shape index (κ3) is 15.7. The molecule has 5 heteroatoms. The fraction of sp³-hybridized carbons (Fsp3) is 0.615. The van der Waals surface area contributed by atoms with E-state index < -0.39 is 6.04 Å². The van der Waals surface area contributed by atoms with Gasteiger partial charge in [-0.3, -0.25) is 9.59 Å². The van der Waals surface area contributed by atoms with Crippen molar-refractivity contribution >= 4 is 23.6 Å². The Morgan fingerprint density at radius 2 is 1.48 bits per heavy atom. The molecule has 0 aromatic heterocycles. The molecule has 2 atom stereocenters. The van der Waals surface area contributed by atoms with Crippen molar-refractivity contribution in [3.05, 3.63) is 47.6 Å². The van der Waals surface area contributed by atoms with Gasteiger partial charge in [0.05, 0.1) is 6.04 Å². The molecule has 2 unspecified atom stereocenters. The van der Waals surface area contributed by atoms with Crippen LogP contribution in [0.1, 0.15) is 74.1 Å². The molecule has 0 fully saturated rings. The minimum Gasteiger partial charge on any atom is -0.347 e. The molecule has 0 saturated heterocycles. The van der Waals surface area contributed by atoms with Gasteiger partial charge in [0.1, 0.15) is 6.04 Å². The molecule has 0 aliphatic rings. The van der Waals surface area contributed by atoms with Crippen molar-refractivity contribution in [3.63, 3.8) is 0 Å². The van der Waals surface area contributed by atoms with Crippen LogP contribution in [0.25, 0.3) is 0 Å². The number of amides is 2. The van der Waals surface area contributed by atoms with E-state index >= 15 is 0 Å². The third-order valence-corrected chi connectivity index (χ3v) is 5.89. The van der Waals surface area contributed by atoms with Crippen LogP contribution in [-0.4, -0.2) is 35.4 Å². The topological polar surface area (TPSA) is 58.2 Å². The number of hydrogen-bond donors (Lipinski definition) is 2. The van der Waals surface area contributed by atoms with Gasteiger partial charge in [-0.15, -0.1) is 6.58 Å². The molecule has 4 nitrogen and oxygen atoms in total. The van der Waals surface area contributed by atoms with E-state index in [0.717, 1.165) is 37.2 Å². The van der Waals surface area contributed by atoms with Gasteiger partial charge in [-0.2, -0.15) is 11.8 Å². The molecule has 0 aliphatic carbocycles. The van der Waals surface area contributed by atoms with E-state index in [1.807, 2.05) is 13.8 Å². The van der Waals surface area contributed by atoms with Crippen LogP contribution in [0, 0.1) is 5.92 Å². The van der Waals surface area contributed by atoms with Crippen molar-refractivity contribution in [1.29, 1.82) is 0 Å². The van der Waals surface area contributed by atoms with E-state index in [1.54, 1.807) is 17.8 Å². The van der Waals surface area contributed by atoms with Crippen molar-refractivity contribution in [3.8, 4) is 0 Å². The maximum atomic E-state index is 12.5. The number of hydrogen-bond acceptors (Lipinski definition) is 3. The summed E-state index contributed by atoms with van der Waals surface area (Å²) in [6, 6.07) is -0.641. The summed E-state index contributed by atoms with van der Waals surface area (Å²) < 4.78 is 0. The third-order valence-electron chi connectivity index (χ3n) is 4.89. The first-order chi connectivity index (χ1) is 14.6. The molecule has 0 aliphatic heterocycles. The highest BCUT2D eigenvalue weighted by Crippen LogP contribution is 2.13. The van der Waals surface area contributed by atoms with Crippen LogP contribution in [0.3, 0.4) is 0 Å². The summed E-state index contributed by atoms with van der Waals surface area (Å²) in [5.74, 6) is 1.34. The lowest BCUT2D eigenvalue weighted by molar-refractivity contribution is -0.129. The minimum atomic E-state index is -0.523. The van der Waals surface area contributed by atoms with Crippen LogP contribution >= 0.6 is 11.8 Å². The highest BCUT2D eigenvalue weighted by molar-refractivity contribution is 7.99. The quantitative estimate of drug-likeness (QED) is 0.240. The lowest BCUT2D eigenvalue weighted by Crippen LogP contribution is -2.51. The Kier molecular flexibility index (Phi) is 15.9. The Bertz CT molecular complexity index is 658. The van der Waals surface area contributed by atoms with Crippen LogP contribution in [0.4, 0.5) is 0 Å². The van der Waals surface area contributed by atoms with Crippen LogP contribution in [0.5, 0.6) is 0 Å². The highest BCUT2D eigenvalue weighted by atomic mass is 32.2. The van der Waals surface area contributed by atoms with Crippen LogP contribution in [0.2, 0.25) is 0 Å². The Hall–Kier alpha value is -1.75. The molecule has 176 valence electrons. The molecule has 0 radical (unpaired) electrons. The summed E-state index contributed by atoms with van der Waals surface area (Å²) in [4.78, 5) is 23.8. The van der Waals surface area contributed by atoms with E-state index in [-0.39, 0.29) is 23.8 Å². The minimum absolute atomic E-state index is 0.0255. The molecule has 31 heavy (non-hydrogen) atoms. The highest BCUT2D eigenvalue weighted by Gasteiger charge is 2.24. The van der Waals surface area contributed by atoms with Crippen molar-refractivity contribution in [2.24, 2.45) is 5.92 Å². The molecule has 0 aromatic carbocycles. The van der Waals surface area contributed by atoms with Gasteiger partial charge in [0.2, 0.25) is 11.8 Å². The molecule has 0 heterocycles. The molecule has 0 aromatic rings. The molecular weight excluding hydrogens is 404 g/mol. The lowest BCUT2D eigenvalue weighted by atomic mass is 10.0. The molecule has 2 amide bonds. The Balaban J connectivity index is 4.34. The van der Waals surface area contributed by atoms with Crippen molar-refractivity contribution in [2.45, 2.75) is 86.2 Å². The average Bonchev–Trinajstić information content (AvgIpc) is 2.67. The van der Waals surface area contributed by atoms with E-state index in [2.05, 4.69) is 63.1 Å². The van der Waals surface area contributed by atoms with Crippen molar-refractivity contribution < 1.29 is 9.59 Å². The van der Waals surface area contributed by atoms with Crippen LogP contribution in [0.15, 0.2) is 47.6 Å². The first kappa shape index (κ1) is 29.2. The van der Waals surface area contributed by atoms with E-state index in [0.29, 0.717) is 0 Å². The normalized spacial score (nSPS) is 14.1. The summed E-state index contributed by atoms with van der Waals surface area (Å²) in [6.07, 6.45) is 13.1. The zero-order valence-electron chi connectivity index (χ0n) is 20.7. The van der Waals surface area contributed by atoms with Crippen molar-refractivity contribution in [1.82, 2.24) is 10.6 Å². The summed E-state index contributed by atoms with van der Waals surface area (Å²) >= 11 is 1.77. The largest absolute Gasteiger partial charge is 0.347 e. The predicted octanol–water partition coefficient (Wildman–Crippen LogP) is 5.97. The summed E-state index contributed by atoms with van der Waals surface area (Å²) in [5, 5.41) is 5.71. The number of carbonyl (C=O) groups excluding carboxylic acids is 2. The summed E-state index contributed by atoms with van der Waals surface area (Å²) in [5.41, 5.74) is 4.24. The van der Waals surface area contributed by atoms with E-state index in [4.69, 9.17) is 0 Å². The molecule has 2 N–H and O–H groups in total. The zero-order valence-corrected chi connectivity index (χ0v) is 21.5. The summed E-state index contributed by atoms with van der Waals surface area (Å²) in [6.45, 7) is 17.8. The van der Waals surface area contributed by atoms with Gasteiger partial charge in [0, 0.05) is 18.4 Å². The van der Waals surface area contributed by atoms with Gasteiger partial charge >= 0.3 is 0 Å². The van der Waals surface area contributed by atoms with Crippen LogP contribution in [-0.2, 0) is 9.59 Å². The molecule has 0 spiro atoms. The SMILES string of the molecule is C=CC(CSC/C=C(\C)CC/C=C(\C)CCC=C(C)C)NC(=O)C(NC(C)=O)C(C)C. The molecular formula is C26H44N2O2S. The average molecular weight is 449 g/mol. The number of allylic oxidation sites excluding steroid dienone is 5. The Morgan fingerprint density at radius 3 is 2.00 bits per heavy atom. The first-order valence-corrected chi connectivity index (χ1v) is 12.4. The second kappa shape index (κ2) is 16.9. The second-order valence-corrected chi connectivity index (χ2v) is 9.85. The Morgan fingerprint density at radius 1 is 0.903 bits per heavy atom. The number of rotatable bonds is 15. The maximum absolute atomic E-state index is 12.5. The first-order valence-electron chi connectivity index (χ1n) is 11.3. The Labute approximate surface area is 195 Å². The number of thioether (sulfide) groups is 1. The standard InChI is InChI=1S/C26H44N2O2S/c1-9-24(28-26(30)25(20(4)5)27-23(8)29)18-31-17-16-22(7)15-11-14-21(6)13-10-12-19(2)3/h9,12,14,16,20,24-25H,1,10-11,13,15,17-18H2,2-8H3,(H,27,29)(H,28,30)/b21-14+,22-16+. The smallest absolute Gasteiger partial charge is 0.243 e. The number of carbonyl (C=O) groups is 2. The lowest BCUT2D eigenvalue weighted by Gasteiger charge is -2.23. The zero-order chi connectivity index (χ0) is 23.8.